The molecular formula is C21H20ClN5. The molecule has 0 saturated carbocycles. The van der Waals surface area contributed by atoms with E-state index in [0.717, 1.165) is 53.8 Å². The van der Waals surface area contributed by atoms with Crippen molar-refractivity contribution >= 4 is 17.3 Å². The Hall–Kier alpha value is -2.50. The maximum atomic E-state index is 6.32. The molecule has 0 aliphatic carbocycles. The van der Waals surface area contributed by atoms with E-state index in [9.17, 15) is 0 Å². The van der Waals surface area contributed by atoms with E-state index < -0.39 is 0 Å². The van der Waals surface area contributed by atoms with E-state index in [-0.39, 0.29) is 0 Å². The van der Waals surface area contributed by atoms with Crippen LogP contribution in [0.3, 0.4) is 0 Å². The lowest BCUT2D eigenvalue weighted by Crippen LogP contribution is -2.19. The third-order valence-electron chi connectivity index (χ3n) is 5.15. The molecule has 1 fully saturated rings. The summed E-state index contributed by atoms with van der Waals surface area (Å²) < 4.78 is 1.94. The van der Waals surface area contributed by atoms with Gasteiger partial charge in [0, 0.05) is 16.1 Å². The average Bonchev–Trinajstić information content (AvgIpc) is 3.31. The molecule has 6 heteroatoms. The highest BCUT2D eigenvalue weighted by molar-refractivity contribution is 6.31. The number of likely N-dealkylation sites (tertiary alicyclic amines) is 1. The van der Waals surface area contributed by atoms with Crippen LogP contribution in [0.2, 0.25) is 5.02 Å². The third kappa shape index (κ3) is 3.17. The highest BCUT2D eigenvalue weighted by Crippen LogP contribution is 2.27. The zero-order valence-electron chi connectivity index (χ0n) is 15.0. The van der Waals surface area contributed by atoms with Gasteiger partial charge in [-0.3, -0.25) is 9.89 Å². The zero-order chi connectivity index (χ0) is 18.2. The quantitative estimate of drug-likeness (QED) is 0.696. The number of aliphatic imine (C=N–C) groups is 1. The van der Waals surface area contributed by atoms with Crippen LogP contribution in [0.15, 0.2) is 53.5 Å². The minimum atomic E-state index is 0.503. The van der Waals surface area contributed by atoms with Crippen molar-refractivity contribution in [3.05, 3.63) is 76.3 Å². The van der Waals surface area contributed by atoms with Gasteiger partial charge in [-0.1, -0.05) is 41.9 Å². The van der Waals surface area contributed by atoms with Gasteiger partial charge >= 0.3 is 0 Å². The number of nitrogens with zero attached hydrogens (tertiary/aromatic N) is 5. The number of rotatable bonds is 3. The Kier molecular flexibility index (Phi) is 4.26. The maximum absolute atomic E-state index is 6.32. The third-order valence-corrected chi connectivity index (χ3v) is 5.38. The van der Waals surface area contributed by atoms with Crippen molar-refractivity contribution in [1.82, 2.24) is 19.7 Å². The molecule has 0 bridgehead atoms. The summed E-state index contributed by atoms with van der Waals surface area (Å²) in [7, 11) is 0. The molecule has 0 atom stereocenters. The number of aromatic nitrogens is 3. The molecule has 2 aliphatic rings. The van der Waals surface area contributed by atoms with E-state index in [2.05, 4.69) is 17.0 Å². The van der Waals surface area contributed by atoms with E-state index in [1.54, 1.807) is 0 Å². The molecule has 27 heavy (non-hydrogen) atoms. The second-order valence-corrected chi connectivity index (χ2v) is 7.47. The van der Waals surface area contributed by atoms with Crippen molar-refractivity contribution in [2.75, 3.05) is 13.1 Å². The number of benzene rings is 2. The van der Waals surface area contributed by atoms with Gasteiger partial charge in [-0.2, -0.15) is 0 Å². The van der Waals surface area contributed by atoms with Crippen molar-refractivity contribution in [1.29, 1.82) is 0 Å². The molecule has 1 saturated heterocycles. The lowest BCUT2D eigenvalue weighted by atomic mass is 10.0. The summed E-state index contributed by atoms with van der Waals surface area (Å²) in [6.45, 7) is 3.57. The fourth-order valence-electron chi connectivity index (χ4n) is 3.86. The van der Waals surface area contributed by atoms with Crippen LogP contribution in [0.5, 0.6) is 0 Å². The van der Waals surface area contributed by atoms with Crippen LogP contribution in [0, 0.1) is 0 Å². The van der Waals surface area contributed by atoms with Gasteiger partial charge in [0.1, 0.15) is 0 Å². The lowest BCUT2D eigenvalue weighted by molar-refractivity contribution is 0.322. The highest BCUT2D eigenvalue weighted by Gasteiger charge is 2.23. The first-order valence-corrected chi connectivity index (χ1v) is 9.73. The van der Waals surface area contributed by atoms with Crippen molar-refractivity contribution in [2.24, 2.45) is 4.99 Å². The summed E-state index contributed by atoms with van der Waals surface area (Å²) >= 11 is 6.32. The van der Waals surface area contributed by atoms with Gasteiger partial charge in [-0.15, -0.1) is 5.10 Å². The molecule has 2 aromatic carbocycles. The van der Waals surface area contributed by atoms with Crippen LogP contribution in [0.4, 0.5) is 0 Å². The van der Waals surface area contributed by atoms with E-state index in [1.165, 1.54) is 12.8 Å². The molecule has 0 spiro atoms. The number of hydrogen-bond donors (Lipinski definition) is 0. The molecule has 1 aromatic heterocycles. The highest BCUT2D eigenvalue weighted by atomic mass is 35.5. The Morgan fingerprint density at radius 2 is 1.81 bits per heavy atom. The molecule has 3 aromatic rings. The zero-order valence-corrected chi connectivity index (χ0v) is 15.7. The van der Waals surface area contributed by atoms with Gasteiger partial charge in [-0.05, 0) is 44.1 Å². The fourth-order valence-corrected chi connectivity index (χ4v) is 4.03. The smallest absolute Gasteiger partial charge is 0.165 e. The normalized spacial score (nSPS) is 16.6. The van der Waals surface area contributed by atoms with E-state index in [1.807, 2.05) is 41.1 Å². The largest absolute Gasteiger partial charge is 0.296 e. The molecule has 0 amide bonds. The molecule has 0 unspecified atom stereocenters. The molecule has 0 N–H and O–H groups in total. The van der Waals surface area contributed by atoms with Crippen LogP contribution < -0.4 is 0 Å². The molecule has 136 valence electrons. The topological polar surface area (TPSA) is 46.3 Å². The lowest BCUT2D eigenvalue weighted by Gasteiger charge is -2.12. The molecule has 2 aliphatic heterocycles. The van der Waals surface area contributed by atoms with Gasteiger partial charge in [-0.25, -0.2) is 9.67 Å². The summed E-state index contributed by atoms with van der Waals surface area (Å²) in [4.78, 5) is 12.1. The summed E-state index contributed by atoms with van der Waals surface area (Å²) in [5.74, 6) is 1.74. The van der Waals surface area contributed by atoms with Gasteiger partial charge in [0.2, 0.25) is 0 Å². The standard InChI is InChI=1S/C21H20ClN5/c22-16-8-9-18-17(12-16)21(15-6-2-1-3-7-15)23-13-20-24-19(25-27(18)20)14-26-10-4-5-11-26/h1-3,6-9,12H,4-5,10-11,13-14H2. The second kappa shape index (κ2) is 6.91. The molecule has 0 radical (unpaired) electrons. The minimum Gasteiger partial charge on any atom is -0.296 e. The summed E-state index contributed by atoms with van der Waals surface area (Å²) in [5, 5.41) is 5.51. The summed E-state index contributed by atoms with van der Waals surface area (Å²) in [6, 6.07) is 16.1. The van der Waals surface area contributed by atoms with E-state index in [4.69, 9.17) is 26.7 Å². The Morgan fingerprint density at radius 3 is 2.63 bits per heavy atom. The SMILES string of the molecule is Clc1ccc2c(c1)C(c1ccccc1)=NCc1nc(CN3CCCC3)nn1-2. The van der Waals surface area contributed by atoms with Crippen LogP contribution in [-0.2, 0) is 13.1 Å². The number of fused-ring (bicyclic) bond motifs is 3. The van der Waals surface area contributed by atoms with Crippen LogP contribution in [-0.4, -0.2) is 38.5 Å². The first kappa shape index (κ1) is 16.7. The molecule has 5 rings (SSSR count). The van der Waals surface area contributed by atoms with Crippen molar-refractivity contribution in [3.8, 4) is 5.69 Å². The van der Waals surface area contributed by atoms with E-state index in [0.29, 0.717) is 11.6 Å². The number of halogens is 1. The Labute approximate surface area is 163 Å². The molecule has 5 nitrogen and oxygen atoms in total. The van der Waals surface area contributed by atoms with Gasteiger partial charge in [0.15, 0.2) is 11.6 Å². The molecule has 3 heterocycles. The second-order valence-electron chi connectivity index (χ2n) is 7.03. The fraction of sp³-hybridized carbons (Fsp3) is 0.286. The van der Waals surface area contributed by atoms with Crippen LogP contribution in [0.1, 0.15) is 35.6 Å². The summed E-state index contributed by atoms with van der Waals surface area (Å²) in [5.41, 5.74) is 3.98. The number of hydrogen-bond acceptors (Lipinski definition) is 4. The Balaban J connectivity index is 1.59. The van der Waals surface area contributed by atoms with Gasteiger partial charge < -0.3 is 0 Å². The van der Waals surface area contributed by atoms with E-state index >= 15 is 0 Å². The first-order chi connectivity index (χ1) is 13.3. The first-order valence-electron chi connectivity index (χ1n) is 9.35. The van der Waals surface area contributed by atoms with Crippen molar-refractivity contribution in [2.45, 2.75) is 25.9 Å². The Bertz CT molecular complexity index is 1000. The van der Waals surface area contributed by atoms with Crippen molar-refractivity contribution < 1.29 is 0 Å². The predicted octanol–water partition coefficient (Wildman–Crippen LogP) is 3.87. The predicted molar refractivity (Wildman–Crippen MR) is 107 cm³/mol. The Morgan fingerprint density at radius 1 is 1.00 bits per heavy atom. The van der Waals surface area contributed by atoms with Gasteiger partial charge in [0.25, 0.3) is 0 Å². The minimum absolute atomic E-state index is 0.503. The summed E-state index contributed by atoms with van der Waals surface area (Å²) in [6.07, 6.45) is 2.53. The van der Waals surface area contributed by atoms with Crippen LogP contribution >= 0.6 is 11.6 Å². The maximum Gasteiger partial charge on any atom is 0.165 e. The monoisotopic (exact) mass is 377 g/mol. The molecular weight excluding hydrogens is 358 g/mol. The van der Waals surface area contributed by atoms with Crippen molar-refractivity contribution in [3.63, 3.8) is 0 Å². The van der Waals surface area contributed by atoms with Crippen LogP contribution in [0.25, 0.3) is 5.69 Å². The van der Waals surface area contributed by atoms with Gasteiger partial charge in [0.05, 0.1) is 24.5 Å². The average molecular weight is 378 g/mol.